The molecule has 1 aliphatic heterocycles. The molecule has 19 heavy (non-hydrogen) atoms. The fourth-order valence-electron chi connectivity index (χ4n) is 1.92. The minimum Gasteiger partial charge on any atom is -0.486 e. The lowest BCUT2D eigenvalue weighted by Crippen LogP contribution is -2.15. The maximum Gasteiger partial charge on any atom is 0.161 e. The summed E-state index contributed by atoms with van der Waals surface area (Å²) in [5.41, 5.74) is 3.19. The highest BCUT2D eigenvalue weighted by Crippen LogP contribution is 2.31. The fraction of sp³-hybridized carbons (Fsp3) is 0.357. The first-order valence-corrected chi connectivity index (χ1v) is 8.29. The summed E-state index contributed by atoms with van der Waals surface area (Å²) >= 11 is 3.66. The highest BCUT2D eigenvalue weighted by atomic mass is 32.2. The van der Waals surface area contributed by atoms with Crippen LogP contribution in [-0.4, -0.2) is 24.0 Å². The Labute approximate surface area is 121 Å². The summed E-state index contributed by atoms with van der Waals surface area (Å²) in [5, 5.41) is 0. The second-order valence-corrected chi connectivity index (χ2v) is 6.32. The van der Waals surface area contributed by atoms with E-state index in [0.717, 1.165) is 29.4 Å². The molecule has 0 fully saturated rings. The van der Waals surface area contributed by atoms with Crippen LogP contribution in [0, 0.1) is 0 Å². The van der Waals surface area contributed by atoms with Gasteiger partial charge in [-0.2, -0.15) is 11.8 Å². The van der Waals surface area contributed by atoms with E-state index in [1.807, 2.05) is 29.5 Å². The molecule has 0 aliphatic carbocycles. The standard InChI is InChI=1S/C14H15NO2S2/c1-2-13-14(17-5-4-16-13)7-11(1)3-6-18-9-12-8-15-10-19-12/h1-2,7-8,10H,3-6,9H2. The summed E-state index contributed by atoms with van der Waals surface area (Å²) < 4.78 is 11.1. The van der Waals surface area contributed by atoms with Crippen LogP contribution in [0.2, 0.25) is 0 Å². The third kappa shape index (κ3) is 3.42. The van der Waals surface area contributed by atoms with Crippen molar-refractivity contribution in [1.82, 2.24) is 4.98 Å². The Bertz CT molecular complexity index is 528. The van der Waals surface area contributed by atoms with Crippen LogP contribution < -0.4 is 9.47 Å². The summed E-state index contributed by atoms with van der Waals surface area (Å²) in [5.74, 6) is 3.91. The summed E-state index contributed by atoms with van der Waals surface area (Å²) in [4.78, 5) is 5.42. The zero-order valence-electron chi connectivity index (χ0n) is 10.5. The zero-order valence-corrected chi connectivity index (χ0v) is 12.1. The number of aromatic nitrogens is 1. The predicted octanol–water partition coefficient (Wildman–Crippen LogP) is 3.39. The molecule has 0 bridgehead atoms. The van der Waals surface area contributed by atoms with Crippen LogP contribution in [0.25, 0.3) is 0 Å². The molecule has 1 aromatic carbocycles. The van der Waals surface area contributed by atoms with Gasteiger partial charge in [-0.3, -0.25) is 4.98 Å². The minimum absolute atomic E-state index is 0.649. The molecule has 1 aliphatic rings. The molecular formula is C14H15NO2S2. The van der Waals surface area contributed by atoms with Crippen molar-refractivity contribution in [3.63, 3.8) is 0 Å². The number of thiazole rings is 1. The van der Waals surface area contributed by atoms with Crippen LogP contribution in [0.15, 0.2) is 29.9 Å². The van der Waals surface area contributed by atoms with Gasteiger partial charge in [0.25, 0.3) is 0 Å². The van der Waals surface area contributed by atoms with Crippen LogP contribution in [0.5, 0.6) is 11.5 Å². The van der Waals surface area contributed by atoms with Crippen molar-refractivity contribution < 1.29 is 9.47 Å². The molecule has 3 rings (SSSR count). The molecule has 1 aromatic heterocycles. The maximum absolute atomic E-state index is 5.59. The lowest BCUT2D eigenvalue weighted by atomic mass is 10.1. The third-order valence-electron chi connectivity index (χ3n) is 2.87. The number of rotatable bonds is 5. The maximum atomic E-state index is 5.59. The number of hydrogen-bond donors (Lipinski definition) is 0. The number of ether oxygens (including phenoxy) is 2. The molecule has 0 spiro atoms. The van der Waals surface area contributed by atoms with E-state index in [0.29, 0.717) is 13.2 Å². The van der Waals surface area contributed by atoms with E-state index in [1.165, 1.54) is 10.4 Å². The van der Waals surface area contributed by atoms with Gasteiger partial charge in [-0.15, -0.1) is 11.3 Å². The summed E-state index contributed by atoms with van der Waals surface area (Å²) in [6, 6.07) is 6.24. The van der Waals surface area contributed by atoms with E-state index in [4.69, 9.17) is 9.47 Å². The molecule has 5 heteroatoms. The van der Waals surface area contributed by atoms with Gasteiger partial charge < -0.3 is 9.47 Å². The van der Waals surface area contributed by atoms with Gasteiger partial charge in [-0.1, -0.05) is 6.07 Å². The van der Waals surface area contributed by atoms with Crippen molar-refractivity contribution >= 4 is 23.1 Å². The first kappa shape index (κ1) is 12.8. The van der Waals surface area contributed by atoms with Crippen molar-refractivity contribution in [2.45, 2.75) is 12.2 Å². The number of thioether (sulfide) groups is 1. The van der Waals surface area contributed by atoms with Crippen LogP contribution in [0.3, 0.4) is 0 Å². The average Bonchev–Trinajstić information content (AvgIpc) is 2.97. The van der Waals surface area contributed by atoms with Crippen LogP contribution in [-0.2, 0) is 12.2 Å². The lowest BCUT2D eigenvalue weighted by Gasteiger charge is -2.18. The third-order valence-corrected chi connectivity index (χ3v) is 4.84. The van der Waals surface area contributed by atoms with E-state index in [2.05, 4.69) is 17.1 Å². The highest BCUT2D eigenvalue weighted by molar-refractivity contribution is 7.98. The molecule has 0 atom stereocenters. The summed E-state index contributed by atoms with van der Waals surface area (Å²) in [6.45, 7) is 1.30. The smallest absolute Gasteiger partial charge is 0.161 e. The van der Waals surface area contributed by atoms with Crippen LogP contribution in [0.1, 0.15) is 10.4 Å². The van der Waals surface area contributed by atoms with Crippen LogP contribution in [0.4, 0.5) is 0 Å². The van der Waals surface area contributed by atoms with E-state index in [-0.39, 0.29) is 0 Å². The molecule has 100 valence electrons. The molecule has 0 unspecified atom stereocenters. The number of aryl methyl sites for hydroxylation is 1. The Morgan fingerprint density at radius 2 is 2.11 bits per heavy atom. The lowest BCUT2D eigenvalue weighted by molar-refractivity contribution is 0.171. The summed E-state index contributed by atoms with van der Waals surface area (Å²) in [6.07, 6.45) is 3.00. The second kappa shape index (κ2) is 6.30. The van der Waals surface area contributed by atoms with Crippen molar-refractivity contribution in [2.75, 3.05) is 19.0 Å². The Balaban J connectivity index is 1.50. The van der Waals surface area contributed by atoms with Crippen molar-refractivity contribution in [1.29, 1.82) is 0 Å². The first-order valence-electron chi connectivity index (χ1n) is 6.25. The van der Waals surface area contributed by atoms with Crippen molar-refractivity contribution in [3.8, 4) is 11.5 Å². The van der Waals surface area contributed by atoms with Gasteiger partial charge in [0.2, 0.25) is 0 Å². The van der Waals surface area contributed by atoms with Gasteiger partial charge >= 0.3 is 0 Å². The molecule has 0 amide bonds. The van der Waals surface area contributed by atoms with Crippen molar-refractivity contribution in [3.05, 3.63) is 40.3 Å². The number of benzene rings is 1. The fourth-order valence-corrected chi connectivity index (χ4v) is 3.62. The molecule has 2 heterocycles. The molecule has 0 saturated heterocycles. The number of fused-ring (bicyclic) bond motifs is 1. The molecule has 3 nitrogen and oxygen atoms in total. The SMILES string of the molecule is c1ncc(CSCCc2ccc3c(c2)OCCO3)s1. The molecule has 0 radical (unpaired) electrons. The van der Waals surface area contributed by atoms with Gasteiger partial charge in [0.1, 0.15) is 13.2 Å². The van der Waals surface area contributed by atoms with E-state index < -0.39 is 0 Å². The highest BCUT2D eigenvalue weighted by Gasteiger charge is 2.11. The largest absolute Gasteiger partial charge is 0.486 e. The van der Waals surface area contributed by atoms with Crippen LogP contribution >= 0.6 is 23.1 Å². The van der Waals surface area contributed by atoms with E-state index in [1.54, 1.807) is 11.3 Å². The molecule has 0 N–H and O–H groups in total. The Hall–Kier alpha value is -1.20. The predicted molar refractivity (Wildman–Crippen MR) is 79.4 cm³/mol. The summed E-state index contributed by atoms with van der Waals surface area (Å²) in [7, 11) is 0. The van der Waals surface area contributed by atoms with E-state index >= 15 is 0 Å². The van der Waals surface area contributed by atoms with Gasteiger partial charge in [0, 0.05) is 16.8 Å². The van der Waals surface area contributed by atoms with Crippen molar-refractivity contribution in [2.24, 2.45) is 0 Å². The van der Waals surface area contributed by atoms with Gasteiger partial charge in [-0.25, -0.2) is 0 Å². The monoisotopic (exact) mass is 293 g/mol. The van der Waals surface area contributed by atoms with Gasteiger partial charge in [-0.05, 0) is 29.9 Å². The van der Waals surface area contributed by atoms with E-state index in [9.17, 15) is 0 Å². The molecule has 0 saturated carbocycles. The Morgan fingerprint density at radius 1 is 1.21 bits per heavy atom. The topological polar surface area (TPSA) is 31.4 Å². The quantitative estimate of drug-likeness (QED) is 0.791. The second-order valence-electron chi connectivity index (χ2n) is 4.25. The zero-order chi connectivity index (χ0) is 12.9. The van der Waals surface area contributed by atoms with Gasteiger partial charge in [0.05, 0.1) is 5.51 Å². The number of hydrogen-bond acceptors (Lipinski definition) is 5. The normalized spacial score (nSPS) is 13.5. The number of nitrogens with zero attached hydrogens (tertiary/aromatic N) is 1. The Morgan fingerprint density at radius 3 is 2.95 bits per heavy atom. The molecular weight excluding hydrogens is 278 g/mol. The average molecular weight is 293 g/mol. The minimum atomic E-state index is 0.649. The first-order chi connectivity index (χ1) is 9.42. The van der Waals surface area contributed by atoms with Gasteiger partial charge in [0.15, 0.2) is 11.5 Å². The molecule has 2 aromatic rings. The Kier molecular flexibility index (Phi) is 4.25.